The number of para-hydroxylation sites is 3. The van der Waals surface area contributed by atoms with Crippen LogP contribution in [0.15, 0.2) is 383 Å². The highest BCUT2D eigenvalue weighted by molar-refractivity contribution is 6.17. The van der Waals surface area contributed by atoms with Gasteiger partial charge in [0.05, 0.1) is 50.3 Å². The van der Waals surface area contributed by atoms with Crippen molar-refractivity contribution in [2.24, 2.45) is 0 Å². The Morgan fingerprint density at radius 3 is 0.976 bits per heavy atom. The summed E-state index contributed by atoms with van der Waals surface area (Å²) in [5.74, 6) is 0. The van der Waals surface area contributed by atoms with E-state index in [0.717, 1.165) is 83.8 Å². The Balaban J connectivity index is 0.000000112. The smallest absolute Gasteiger partial charge is 0.141 e. The maximum atomic E-state index is 9.64. The van der Waals surface area contributed by atoms with E-state index in [0.29, 0.717) is 16.8 Å². The lowest BCUT2D eigenvalue weighted by Gasteiger charge is -2.22. The fraction of sp³-hybridized carbons (Fsp3) is 0.0769. The quantitative estimate of drug-likeness (QED) is 0.142. The average molecular weight is 1610 g/mol. The molecular weight excluding hydrogens is 1530 g/mol. The van der Waals surface area contributed by atoms with Gasteiger partial charge in [-0.1, -0.05) is 278 Å². The highest BCUT2D eigenvalue weighted by Crippen LogP contribution is 2.57. The second kappa shape index (κ2) is 29.8. The van der Waals surface area contributed by atoms with Crippen molar-refractivity contribution in [2.45, 2.75) is 57.8 Å². The van der Waals surface area contributed by atoms with E-state index in [9.17, 15) is 15.8 Å². The van der Waals surface area contributed by atoms with E-state index in [1.807, 2.05) is 24.3 Å². The van der Waals surface area contributed by atoms with Crippen molar-refractivity contribution >= 4 is 65.4 Å². The topological polar surface area (TPSA) is 125 Å². The minimum Gasteiger partial charge on any atom is -0.309 e. The van der Waals surface area contributed by atoms with Crippen molar-refractivity contribution < 1.29 is 0 Å². The van der Waals surface area contributed by atoms with Crippen LogP contribution in [0.2, 0.25) is 0 Å². The molecule has 9 nitrogen and oxygen atoms in total. The van der Waals surface area contributed by atoms with Crippen molar-refractivity contribution in [1.29, 1.82) is 15.8 Å². The molecule has 0 saturated carbocycles. The fourth-order valence-electron chi connectivity index (χ4n) is 21.0. The molecule has 0 N–H and O–H groups in total. The van der Waals surface area contributed by atoms with E-state index in [4.69, 9.17) is 0 Å². The molecule has 0 fully saturated rings. The van der Waals surface area contributed by atoms with E-state index in [-0.39, 0.29) is 16.2 Å². The molecular formula is C117H81N9. The van der Waals surface area contributed by atoms with Crippen molar-refractivity contribution in [1.82, 2.24) is 28.7 Å². The third-order valence-electron chi connectivity index (χ3n) is 26.7. The van der Waals surface area contributed by atoms with Gasteiger partial charge in [-0.15, -0.1) is 0 Å². The molecule has 0 amide bonds. The number of aromatic nitrogens is 6. The Morgan fingerprint density at radius 1 is 0.238 bits per heavy atom. The minimum absolute atomic E-state index is 0.0962. The van der Waals surface area contributed by atoms with Crippen LogP contribution < -0.4 is 0 Å². The number of nitrogens with zero attached hydrogens (tertiary/aromatic N) is 9. The summed E-state index contributed by atoms with van der Waals surface area (Å²) >= 11 is 0. The first-order valence-corrected chi connectivity index (χ1v) is 42.8. The van der Waals surface area contributed by atoms with E-state index in [2.05, 4.69) is 410 Å². The largest absolute Gasteiger partial charge is 0.309 e. The lowest BCUT2D eigenvalue weighted by molar-refractivity contribution is 0.666. The first-order valence-electron chi connectivity index (χ1n) is 42.8. The highest BCUT2D eigenvalue weighted by Gasteiger charge is 2.41. The van der Waals surface area contributed by atoms with Crippen molar-refractivity contribution in [3.63, 3.8) is 0 Å². The lowest BCUT2D eigenvalue weighted by atomic mass is 9.80. The molecule has 0 unspecified atom stereocenters. The fourth-order valence-corrected chi connectivity index (χ4v) is 21.0. The van der Waals surface area contributed by atoms with Crippen LogP contribution in [-0.2, 0) is 16.2 Å². The summed E-state index contributed by atoms with van der Waals surface area (Å²) < 4.78 is 7.24. The summed E-state index contributed by atoms with van der Waals surface area (Å²) in [4.78, 5) is 12.5. The molecule has 0 bridgehead atoms. The van der Waals surface area contributed by atoms with E-state index < -0.39 is 0 Å². The predicted octanol–water partition coefficient (Wildman–Crippen LogP) is 29.1. The Labute approximate surface area is 731 Å². The number of hydrogen-bond acceptors (Lipinski definition) is 6. The molecule has 0 aliphatic heterocycles. The average Bonchev–Trinajstić information content (AvgIpc) is 1.55. The van der Waals surface area contributed by atoms with E-state index in [1.54, 1.807) is 37.1 Å². The molecule has 24 rings (SSSR count). The van der Waals surface area contributed by atoms with Gasteiger partial charge in [0.1, 0.15) is 17.8 Å². The summed E-state index contributed by atoms with van der Waals surface area (Å²) in [5.41, 5.74) is 40.9. The first kappa shape index (κ1) is 75.8. The number of nitriles is 3. The summed E-state index contributed by atoms with van der Waals surface area (Å²) in [7, 11) is 0. The zero-order valence-electron chi connectivity index (χ0n) is 70.4. The van der Waals surface area contributed by atoms with Crippen LogP contribution in [0.1, 0.15) is 91.7 Å². The predicted molar refractivity (Wildman–Crippen MR) is 515 cm³/mol. The summed E-state index contributed by atoms with van der Waals surface area (Å²) in [6.07, 6.45) is 8.49. The Hall–Kier alpha value is -16.4. The van der Waals surface area contributed by atoms with Crippen LogP contribution in [0.25, 0.3) is 183 Å². The number of benzene rings is 15. The van der Waals surface area contributed by atoms with Gasteiger partial charge >= 0.3 is 0 Å². The zero-order chi connectivity index (χ0) is 85.3. The van der Waals surface area contributed by atoms with Crippen molar-refractivity contribution in [3.8, 4) is 135 Å². The van der Waals surface area contributed by atoms with E-state index in [1.165, 1.54) is 132 Å². The Morgan fingerprint density at radius 2 is 0.571 bits per heavy atom. The van der Waals surface area contributed by atoms with Crippen LogP contribution in [0, 0.1) is 34.0 Å². The van der Waals surface area contributed by atoms with E-state index >= 15 is 0 Å². The number of pyridine rings is 3. The van der Waals surface area contributed by atoms with Crippen molar-refractivity contribution in [3.05, 3.63) is 433 Å². The van der Waals surface area contributed by atoms with Gasteiger partial charge < -0.3 is 13.7 Å². The monoisotopic (exact) mass is 1610 g/mol. The number of fused-ring (bicyclic) bond motifs is 21. The van der Waals surface area contributed by atoms with Gasteiger partial charge in [-0.2, -0.15) is 15.8 Å². The van der Waals surface area contributed by atoms with Gasteiger partial charge in [0.25, 0.3) is 0 Å². The Bertz CT molecular complexity index is 7940. The molecule has 0 spiro atoms. The highest BCUT2D eigenvalue weighted by atomic mass is 15.0. The summed E-state index contributed by atoms with van der Waals surface area (Å²) in [6.45, 7) is 14.2. The number of rotatable bonds is 9. The zero-order valence-corrected chi connectivity index (χ0v) is 70.4. The number of hydrogen-bond donors (Lipinski definition) is 0. The lowest BCUT2D eigenvalue weighted by Crippen LogP contribution is -2.15. The second-order valence-corrected chi connectivity index (χ2v) is 34.7. The van der Waals surface area contributed by atoms with Crippen LogP contribution in [0.5, 0.6) is 0 Å². The van der Waals surface area contributed by atoms with Crippen LogP contribution >= 0.6 is 0 Å². The maximum Gasteiger partial charge on any atom is 0.141 e. The molecule has 21 aromatic rings. The SMILES string of the molecule is CC1(C)c2ccccc2-c2ccc3c(c21)c1ccccc1n3-c1cccc(-c2cccc(-c3ccnc(C#N)c3)c2)c1.CC1(C)c2ccccc2-c2ccc3c(c21)c1ccccc1n3-c1cccc(-c2cccc(-c3ccncc3C#N)c2)c1.CC1(C)c2ccccc2-c2ccc3c(c21)c1ccccc1n3-c1cccc(-c2cccc(-c3cnccc3C#N)c2)c1. The normalized spacial score (nSPS) is 13.2. The third kappa shape index (κ3) is 12.1. The van der Waals surface area contributed by atoms with Gasteiger partial charge in [0, 0.05) is 108 Å². The molecule has 6 aromatic heterocycles. The molecule has 0 saturated heterocycles. The van der Waals surface area contributed by atoms with Gasteiger partial charge in [-0.05, 0) is 238 Å². The molecule has 15 aromatic carbocycles. The molecule has 0 radical (unpaired) electrons. The molecule has 3 aliphatic rings. The molecule has 126 heavy (non-hydrogen) atoms. The molecule has 6 heterocycles. The van der Waals surface area contributed by atoms with Gasteiger partial charge in [0.15, 0.2) is 0 Å². The molecule has 9 heteroatoms. The van der Waals surface area contributed by atoms with Crippen LogP contribution in [0.3, 0.4) is 0 Å². The Kier molecular flexibility index (Phi) is 17.9. The molecule has 594 valence electrons. The molecule has 3 aliphatic carbocycles. The van der Waals surface area contributed by atoms with Gasteiger partial charge in [0.2, 0.25) is 0 Å². The molecule has 0 atom stereocenters. The standard InChI is InChI=1S/3C39H27N3/c1-39(2)34-15-5-3-13-31(34)32-17-18-36-37(38(32)39)33-14-4-6-16-35(33)42(36)29-12-8-10-26(22-29)25-9-7-11-27(21-25)30-19-20-41-24-28(30)23-40;1-39(2)34-15-5-3-13-30(34)31-17-18-36-37(38(31)39)32-14-4-6-16-35(32)42(36)29-12-8-10-26(22-29)25-9-7-11-27(21-25)33-24-41-20-19-28(33)23-40;1-39(2)34-15-5-3-13-31(34)32-17-18-36-37(38(32)39)33-14-4-6-16-35(33)42(36)30-12-8-11-27(23-30)25-9-7-10-26(21-25)28-19-20-41-29(22-28)24-40/h2*3-22,24H,1-2H3;3-23H,1-2H3. The maximum absolute atomic E-state index is 9.64. The van der Waals surface area contributed by atoms with Crippen molar-refractivity contribution in [2.75, 3.05) is 0 Å². The summed E-state index contributed by atoms with van der Waals surface area (Å²) in [6, 6.07) is 133. The second-order valence-electron chi connectivity index (χ2n) is 34.7. The first-order chi connectivity index (χ1) is 61.7. The van der Waals surface area contributed by atoms with Gasteiger partial charge in [-0.3, -0.25) is 9.97 Å². The minimum atomic E-state index is -0.0999. The van der Waals surface area contributed by atoms with Gasteiger partial charge in [-0.25, -0.2) is 4.98 Å². The van der Waals surface area contributed by atoms with Crippen LogP contribution in [0.4, 0.5) is 0 Å². The summed E-state index contributed by atoms with van der Waals surface area (Å²) in [5, 5.41) is 36.4. The van der Waals surface area contributed by atoms with Crippen LogP contribution in [-0.4, -0.2) is 28.7 Å². The third-order valence-corrected chi connectivity index (χ3v) is 26.7.